The summed E-state index contributed by atoms with van der Waals surface area (Å²) >= 11 is 0. The van der Waals surface area contributed by atoms with E-state index in [0.717, 1.165) is 36.0 Å². The quantitative estimate of drug-likeness (QED) is 0.721. The van der Waals surface area contributed by atoms with Gasteiger partial charge >= 0.3 is 0 Å². The number of sulfonamides is 1. The van der Waals surface area contributed by atoms with Crippen LogP contribution < -0.4 is 0 Å². The van der Waals surface area contributed by atoms with Crippen molar-refractivity contribution in [2.75, 3.05) is 39.4 Å². The third kappa shape index (κ3) is 4.15. The van der Waals surface area contributed by atoms with E-state index in [1.807, 2.05) is 13.8 Å². The molecule has 0 saturated carbocycles. The Morgan fingerprint density at radius 3 is 2.63 bits per heavy atom. The molecule has 2 aromatic rings. The third-order valence-corrected chi connectivity index (χ3v) is 7.47. The summed E-state index contributed by atoms with van der Waals surface area (Å²) in [5.41, 5.74) is 1.85. The largest absolute Gasteiger partial charge is 0.361 e. The molecule has 4 rings (SSSR count). The lowest BCUT2D eigenvalue weighted by molar-refractivity contribution is -0.257. The van der Waals surface area contributed by atoms with Crippen molar-refractivity contribution in [3.63, 3.8) is 0 Å². The molecule has 1 aromatic heterocycles. The summed E-state index contributed by atoms with van der Waals surface area (Å²) in [4.78, 5) is 1.84. The van der Waals surface area contributed by atoms with Crippen LogP contribution in [0.15, 0.2) is 33.7 Å². The van der Waals surface area contributed by atoms with Gasteiger partial charge in [-0.15, -0.1) is 0 Å². The Morgan fingerprint density at radius 1 is 1.13 bits per heavy atom. The first-order valence-corrected chi connectivity index (χ1v) is 11.4. The van der Waals surface area contributed by atoms with Gasteiger partial charge in [-0.3, -0.25) is 4.90 Å². The number of morpholine rings is 1. The number of hydrogen-bond donors (Lipinski definition) is 0. The second-order valence-electron chi connectivity index (χ2n) is 7.74. The van der Waals surface area contributed by atoms with Gasteiger partial charge in [0.05, 0.1) is 32.0 Å². The Balaban J connectivity index is 1.56. The maximum Gasteiger partial charge on any atom is 0.246 e. The van der Waals surface area contributed by atoms with Crippen LogP contribution in [0, 0.1) is 19.7 Å². The third-order valence-electron chi connectivity index (χ3n) is 5.59. The molecular formula is C20H26FN3O5S. The van der Waals surface area contributed by atoms with Crippen molar-refractivity contribution >= 4 is 10.0 Å². The Hall–Kier alpha value is -1.85. The van der Waals surface area contributed by atoms with Crippen molar-refractivity contribution in [2.24, 2.45) is 0 Å². The van der Waals surface area contributed by atoms with Gasteiger partial charge in [0.15, 0.2) is 5.79 Å². The SMILES string of the molecule is Cc1noc(C)c1CN1CCCOC2(C1)CN(S(=O)(=O)c1ccccc1F)CCO2. The van der Waals surface area contributed by atoms with Gasteiger partial charge in [0.1, 0.15) is 16.5 Å². The van der Waals surface area contributed by atoms with Crippen molar-refractivity contribution in [1.29, 1.82) is 0 Å². The minimum atomic E-state index is -4.01. The molecule has 2 aliphatic heterocycles. The number of benzene rings is 1. The molecule has 30 heavy (non-hydrogen) atoms. The molecule has 1 atom stereocenters. The van der Waals surface area contributed by atoms with Gasteiger partial charge in [-0.1, -0.05) is 17.3 Å². The zero-order chi connectivity index (χ0) is 21.4. The van der Waals surface area contributed by atoms with Crippen LogP contribution in [0.3, 0.4) is 0 Å². The summed E-state index contributed by atoms with van der Waals surface area (Å²) < 4.78 is 58.9. The molecule has 0 aliphatic carbocycles. The number of aromatic nitrogens is 1. The molecule has 2 aliphatic rings. The van der Waals surface area contributed by atoms with Gasteiger partial charge in [0, 0.05) is 25.2 Å². The predicted molar refractivity (Wildman–Crippen MR) is 106 cm³/mol. The van der Waals surface area contributed by atoms with Crippen LogP contribution >= 0.6 is 0 Å². The predicted octanol–water partition coefficient (Wildman–Crippen LogP) is 2.07. The molecule has 164 valence electrons. The molecule has 0 bridgehead atoms. The standard InChI is InChI=1S/C20H26FN3O5S/c1-15-17(16(2)29-22-15)12-23-8-5-10-27-20(13-23)14-24(9-11-28-20)30(25,26)19-7-4-3-6-18(19)21/h3-4,6-7H,5,8-14H2,1-2H3. The molecule has 2 fully saturated rings. The molecule has 0 radical (unpaired) electrons. The lowest BCUT2D eigenvalue weighted by atomic mass is 10.1. The number of halogens is 1. The highest BCUT2D eigenvalue weighted by Crippen LogP contribution is 2.30. The minimum Gasteiger partial charge on any atom is -0.361 e. The van der Waals surface area contributed by atoms with Gasteiger partial charge in [0.2, 0.25) is 10.0 Å². The molecule has 2 saturated heterocycles. The molecule has 3 heterocycles. The van der Waals surface area contributed by atoms with Crippen molar-refractivity contribution in [3.8, 4) is 0 Å². The summed E-state index contributed by atoms with van der Waals surface area (Å²) in [7, 11) is -4.01. The summed E-state index contributed by atoms with van der Waals surface area (Å²) in [6.45, 7) is 6.31. The normalized spacial score (nSPS) is 24.2. The fourth-order valence-electron chi connectivity index (χ4n) is 4.01. The summed E-state index contributed by atoms with van der Waals surface area (Å²) in [6.07, 6.45) is 0.786. The number of nitrogens with zero attached hydrogens (tertiary/aromatic N) is 3. The van der Waals surface area contributed by atoms with E-state index in [0.29, 0.717) is 19.7 Å². The van der Waals surface area contributed by atoms with Crippen LogP contribution in [0.4, 0.5) is 4.39 Å². The second kappa shape index (κ2) is 8.35. The Kier molecular flexibility index (Phi) is 5.95. The van der Waals surface area contributed by atoms with Crippen molar-refractivity contribution < 1.29 is 26.8 Å². The Labute approximate surface area is 175 Å². The van der Waals surface area contributed by atoms with E-state index in [2.05, 4.69) is 10.1 Å². The smallest absolute Gasteiger partial charge is 0.246 e. The molecule has 8 nitrogen and oxygen atoms in total. The lowest BCUT2D eigenvalue weighted by Gasteiger charge is -2.42. The Bertz CT molecular complexity index is 992. The lowest BCUT2D eigenvalue weighted by Crippen LogP contribution is -2.59. The van der Waals surface area contributed by atoms with E-state index in [1.165, 1.54) is 22.5 Å². The van der Waals surface area contributed by atoms with E-state index in [4.69, 9.17) is 14.0 Å². The van der Waals surface area contributed by atoms with Gasteiger partial charge < -0.3 is 14.0 Å². The van der Waals surface area contributed by atoms with Gasteiger partial charge in [-0.2, -0.15) is 4.31 Å². The van der Waals surface area contributed by atoms with E-state index >= 15 is 0 Å². The summed E-state index contributed by atoms with van der Waals surface area (Å²) in [5, 5.41) is 4.01. The van der Waals surface area contributed by atoms with Gasteiger partial charge in [-0.05, 0) is 32.4 Å². The molecule has 1 aromatic carbocycles. The van der Waals surface area contributed by atoms with Crippen molar-refractivity contribution in [1.82, 2.24) is 14.4 Å². The number of ether oxygens (including phenoxy) is 2. The number of aryl methyl sites for hydroxylation is 2. The van der Waals surface area contributed by atoms with Crippen LogP contribution in [0.5, 0.6) is 0 Å². The highest BCUT2D eigenvalue weighted by atomic mass is 32.2. The van der Waals surface area contributed by atoms with Crippen molar-refractivity contribution in [3.05, 3.63) is 47.1 Å². The fourth-order valence-corrected chi connectivity index (χ4v) is 5.53. The molecule has 1 spiro atoms. The average Bonchev–Trinajstić information content (AvgIpc) is 2.91. The van der Waals surface area contributed by atoms with Crippen LogP contribution in [-0.4, -0.2) is 68.0 Å². The zero-order valence-corrected chi connectivity index (χ0v) is 18.0. The first-order valence-electron chi connectivity index (χ1n) is 9.97. The van der Waals surface area contributed by atoms with E-state index in [9.17, 15) is 12.8 Å². The summed E-state index contributed by atoms with van der Waals surface area (Å²) in [5.74, 6) is -1.11. The van der Waals surface area contributed by atoms with E-state index in [-0.39, 0.29) is 24.6 Å². The van der Waals surface area contributed by atoms with Crippen LogP contribution in [0.25, 0.3) is 0 Å². The van der Waals surface area contributed by atoms with E-state index < -0.39 is 21.6 Å². The monoisotopic (exact) mass is 439 g/mol. The molecule has 0 amide bonds. The minimum absolute atomic E-state index is 0.00175. The molecule has 0 N–H and O–H groups in total. The first-order chi connectivity index (χ1) is 14.3. The van der Waals surface area contributed by atoms with Gasteiger partial charge in [0.25, 0.3) is 0 Å². The molecule has 1 unspecified atom stereocenters. The summed E-state index contributed by atoms with van der Waals surface area (Å²) in [6, 6.07) is 5.41. The fraction of sp³-hybridized carbons (Fsp3) is 0.550. The van der Waals surface area contributed by atoms with Crippen LogP contribution in [-0.2, 0) is 26.0 Å². The zero-order valence-electron chi connectivity index (χ0n) is 17.1. The molecule has 10 heteroatoms. The van der Waals surface area contributed by atoms with Crippen molar-refractivity contribution in [2.45, 2.75) is 37.5 Å². The van der Waals surface area contributed by atoms with Crippen LogP contribution in [0.2, 0.25) is 0 Å². The first kappa shape index (κ1) is 21.4. The maximum absolute atomic E-state index is 14.2. The van der Waals surface area contributed by atoms with Gasteiger partial charge in [-0.25, -0.2) is 12.8 Å². The Morgan fingerprint density at radius 2 is 1.90 bits per heavy atom. The maximum atomic E-state index is 14.2. The molecular weight excluding hydrogens is 413 g/mol. The topological polar surface area (TPSA) is 85.1 Å². The van der Waals surface area contributed by atoms with E-state index in [1.54, 1.807) is 0 Å². The highest BCUT2D eigenvalue weighted by molar-refractivity contribution is 7.89. The second-order valence-corrected chi connectivity index (χ2v) is 9.65. The highest BCUT2D eigenvalue weighted by Gasteiger charge is 2.45. The van der Waals surface area contributed by atoms with Crippen LogP contribution in [0.1, 0.15) is 23.4 Å². The average molecular weight is 440 g/mol. The number of hydrogen-bond acceptors (Lipinski definition) is 7. The number of rotatable bonds is 4.